The second-order valence-corrected chi connectivity index (χ2v) is 8.42. The van der Waals surface area contributed by atoms with E-state index in [9.17, 15) is 12.8 Å². The molecule has 1 aromatic heterocycles. The third-order valence-corrected chi connectivity index (χ3v) is 6.22. The third-order valence-electron chi connectivity index (χ3n) is 4.55. The predicted octanol–water partition coefficient (Wildman–Crippen LogP) is 3.46. The molecule has 1 saturated heterocycles. The van der Waals surface area contributed by atoms with Crippen molar-refractivity contribution < 1.29 is 22.0 Å². The van der Waals surface area contributed by atoms with Crippen LogP contribution in [0.25, 0.3) is 11.5 Å². The summed E-state index contributed by atoms with van der Waals surface area (Å²) >= 11 is 0. The second-order valence-electron chi connectivity index (χ2n) is 6.55. The summed E-state index contributed by atoms with van der Waals surface area (Å²) < 4.78 is 50.9. The first-order valence-corrected chi connectivity index (χ1v) is 10.3. The summed E-state index contributed by atoms with van der Waals surface area (Å²) in [6, 6.07) is 12.2. The summed E-state index contributed by atoms with van der Waals surface area (Å²) in [5.74, 6) is -0.0989. The summed E-state index contributed by atoms with van der Waals surface area (Å²) in [6.45, 7) is 3.89. The standard InChI is InChI=1S/C20H19FN2O4S/c1-14-2-4-15(5-3-14)18-22-19(20(27-18)23-10-12-26-13-11-23)28(24,25)17-8-6-16(21)7-9-17/h2-9H,10-13H2,1H3. The Morgan fingerprint density at radius 2 is 1.64 bits per heavy atom. The monoisotopic (exact) mass is 402 g/mol. The highest BCUT2D eigenvalue weighted by Crippen LogP contribution is 2.35. The van der Waals surface area contributed by atoms with Gasteiger partial charge in [0.2, 0.25) is 26.6 Å². The number of aromatic nitrogens is 1. The number of oxazole rings is 1. The Labute approximate surface area is 162 Å². The fraction of sp³-hybridized carbons (Fsp3) is 0.250. The second kappa shape index (κ2) is 7.37. The van der Waals surface area contributed by atoms with Gasteiger partial charge in [0.15, 0.2) is 0 Å². The molecule has 0 amide bonds. The van der Waals surface area contributed by atoms with Crippen LogP contribution < -0.4 is 4.90 Å². The number of anilines is 1. The number of aryl methyl sites for hydroxylation is 1. The van der Waals surface area contributed by atoms with E-state index in [-0.39, 0.29) is 21.7 Å². The van der Waals surface area contributed by atoms with E-state index in [0.717, 1.165) is 17.7 Å². The van der Waals surface area contributed by atoms with E-state index >= 15 is 0 Å². The Kier molecular flexibility index (Phi) is 4.91. The molecule has 0 radical (unpaired) electrons. The molecule has 1 fully saturated rings. The molecule has 1 aliphatic rings. The van der Waals surface area contributed by atoms with Gasteiger partial charge in [-0.2, -0.15) is 4.98 Å². The van der Waals surface area contributed by atoms with Crippen LogP contribution in [-0.4, -0.2) is 39.7 Å². The quantitative estimate of drug-likeness (QED) is 0.623. The highest BCUT2D eigenvalue weighted by molar-refractivity contribution is 7.91. The lowest BCUT2D eigenvalue weighted by atomic mass is 10.1. The van der Waals surface area contributed by atoms with Crippen LogP contribution in [0.3, 0.4) is 0 Å². The average molecular weight is 402 g/mol. The number of ether oxygens (including phenoxy) is 1. The van der Waals surface area contributed by atoms with Gasteiger partial charge < -0.3 is 14.1 Å². The van der Waals surface area contributed by atoms with Crippen molar-refractivity contribution in [2.75, 3.05) is 31.2 Å². The number of benzene rings is 2. The molecule has 6 nitrogen and oxygen atoms in total. The van der Waals surface area contributed by atoms with E-state index in [1.165, 1.54) is 12.1 Å². The Bertz CT molecular complexity index is 1070. The zero-order valence-electron chi connectivity index (χ0n) is 15.3. The van der Waals surface area contributed by atoms with Crippen LogP contribution in [0, 0.1) is 12.7 Å². The Morgan fingerprint density at radius 3 is 2.29 bits per heavy atom. The smallest absolute Gasteiger partial charge is 0.236 e. The minimum absolute atomic E-state index is 0.0350. The van der Waals surface area contributed by atoms with Gasteiger partial charge in [0.05, 0.1) is 18.1 Å². The maximum Gasteiger partial charge on any atom is 0.236 e. The van der Waals surface area contributed by atoms with E-state index in [1.54, 1.807) is 0 Å². The van der Waals surface area contributed by atoms with Crippen LogP contribution in [0.1, 0.15) is 5.56 Å². The molecule has 0 spiro atoms. The van der Waals surface area contributed by atoms with Crippen molar-refractivity contribution in [3.63, 3.8) is 0 Å². The molecule has 2 heterocycles. The molecular weight excluding hydrogens is 383 g/mol. The molecule has 0 aliphatic carbocycles. The number of hydrogen-bond donors (Lipinski definition) is 0. The first-order valence-electron chi connectivity index (χ1n) is 8.86. The number of morpholine rings is 1. The van der Waals surface area contributed by atoms with Crippen LogP contribution >= 0.6 is 0 Å². The summed E-state index contributed by atoms with van der Waals surface area (Å²) in [5, 5.41) is -0.170. The van der Waals surface area contributed by atoms with Gasteiger partial charge in [-0.15, -0.1) is 0 Å². The number of nitrogens with zero attached hydrogens (tertiary/aromatic N) is 2. The van der Waals surface area contributed by atoms with E-state index in [4.69, 9.17) is 9.15 Å². The zero-order chi connectivity index (χ0) is 19.7. The van der Waals surface area contributed by atoms with Gasteiger partial charge in [-0.1, -0.05) is 17.7 Å². The van der Waals surface area contributed by atoms with Gasteiger partial charge in [0.1, 0.15) is 5.82 Å². The molecular formula is C20H19FN2O4S. The molecule has 28 heavy (non-hydrogen) atoms. The molecule has 0 unspecified atom stereocenters. The van der Waals surface area contributed by atoms with Crippen molar-refractivity contribution in [3.05, 3.63) is 59.9 Å². The molecule has 1 aliphatic heterocycles. The molecule has 0 N–H and O–H groups in total. The summed E-state index contributed by atoms with van der Waals surface area (Å²) in [7, 11) is -3.99. The number of rotatable bonds is 4. The number of sulfone groups is 1. The third kappa shape index (κ3) is 3.53. The fourth-order valence-corrected chi connectivity index (χ4v) is 4.31. The van der Waals surface area contributed by atoms with Gasteiger partial charge in [-0.25, -0.2) is 12.8 Å². The van der Waals surface area contributed by atoms with Crippen molar-refractivity contribution in [2.45, 2.75) is 16.8 Å². The molecule has 0 atom stereocenters. The zero-order valence-corrected chi connectivity index (χ0v) is 16.1. The van der Waals surface area contributed by atoms with E-state index < -0.39 is 15.7 Å². The van der Waals surface area contributed by atoms with E-state index in [0.29, 0.717) is 31.9 Å². The van der Waals surface area contributed by atoms with Gasteiger partial charge in [-0.3, -0.25) is 0 Å². The van der Waals surface area contributed by atoms with Crippen molar-refractivity contribution in [1.82, 2.24) is 4.98 Å². The van der Waals surface area contributed by atoms with Crippen molar-refractivity contribution >= 4 is 15.7 Å². The summed E-state index contributed by atoms with van der Waals surface area (Å²) in [6.07, 6.45) is 0. The Morgan fingerprint density at radius 1 is 1.00 bits per heavy atom. The average Bonchev–Trinajstić information content (AvgIpc) is 3.16. The van der Waals surface area contributed by atoms with Crippen LogP contribution in [0.5, 0.6) is 0 Å². The minimum atomic E-state index is -3.99. The molecule has 8 heteroatoms. The van der Waals surface area contributed by atoms with Crippen molar-refractivity contribution in [2.24, 2.45) is 0 Å². The highest BCUT2D eigenvalue weighted by atomic mass is 32.2. The van der Waals surface area contributed by atoms with Crippen LogP contribution in [0.4, 0.5) is 10.3 Å². The van der Waals surface area contributed by atoms with Crippen LogP contribution in [0.2, 0.25) is 0 Å². The maximum absolute atomic E-state index is 13.3. The molecule has 3 aromatic rings. The van der Waals surface area contributed by atoms with Crippen LogP contribution in [0.15, 0.2) is 62.9 Å². The predicted molar refractivity (Wildman–Crippen MR) is 102 cm³/mol. The van der Waals surface area contributed by atoms with Crippen molar-refractivity contribution in [3.8, 4) is 11.5 Å². The van der Waals surface area contributed by atoms with E-state index in [2.05, 4.69) is 4.98 Å². The summed E-state index contributed by atoms with van der Waals surface area (Å²) in [4.78, 5) is 6.10. The lowest BCUT2D eigenvalue weighted by molar-refractivity contribution is 0.120. The first-order chi connectivity index (χ1) is 13.4. The molecule has 2 aromatic carbocycles. The van der Waals surface area contributed by atoms with Crippen molar-refractivity contribution in [1.29, 1.82) is 0 Å². The molecule has 4 rings (SSSR count). The van der Waals surface area contributed by atoms with E-state index in [1.807, 2.05) is 36.1 Å². The topological polar surface area (TPSA) is 72.6 Å². The summed E-state index contributed by atoms with van der Waals surface area (Å²) in [5.41, 5.74) is 1.75. The Hall–Kier alpha value is -2.71. The minimum Gasteiger partial charge on any atom is -0.419 e. The largest absolute Gasteiger partial charge is 0.419 e. The highest BCUT2D eigenvalue weighted by Gasteiger charge is 2.32. The fourth-order valence-electron chi connectivity index (χ4n) is 2.98. The first kappa shape index (κ1) is 18.6. The maximum atomic E-state index is 13.3. The van der Waals surface area contributed by atoms with Gasteiger partial charge >= 0.3 is 0 Å². The Balaban J connectivity index is 1.84. The number of hydrogen-bond acceptors (Lipinski definition) is 6. The molecule has 146 valence electrons. The van der Waals surface area contributed by atoms with Gasteiger partial charge in [-0.05, 0) is 43.3 Å². The van der Waals surface area contributed by atoms with Gasteiger partial charge in [0, 0.05) is 18.7 Å². The lowest BCUT2D eigenvalue weighted by Gasteiger charge is -2.26. The van der Waals surface area contributed by atoms with Gasteiger partial charge in [0.25, 0.3) is 0 Å². The molecule has 0 bridgehead atoms. The normalized spacial score (nSPS) is 15.0. The molecule has 0 saturated carbocycles. The SMILES string of the molecule is Cc1ccc(-c2nc(S(=O)(=O)c3ccc(F)cc3)c(N3CCOCC3)o2)cc1. The number of halogens is 1. The lowest BCUT2D eigenvalue weighted by Crippen LogP contribution is -2.36. The van der Waals surface area contributed by atoms with Crippen LogP contribution in [-0.2, 0) is 14.6 Å².